The summed E-state index contributed by atoms with van der Waals surface area (Å²) in [5.41, 5.74) is 8.02. The third-order valence-electron chi connectivity index (χ3n) is 3.54. The summed E-state index contributed by atoms with van der Waals surface area (Å²) in [4.78, 5) is 2.60. The lowest BCUT2D eigenvalue weighted by atomic mass is 10.1. The maximum absolute atomic E-state index is 5.81. The Morgan fingerprint density at radius 3 is 2.82 bits per heavy atom. The first-order valence-corrected chi connectivity index (χ1v) is 6.27. The minimum absolute atomic E-state index is 0. The minimum Gasteiger partial charge on any atom is -0.399 e. The topological polar surface area (TPSA) is 29.3 Å². The number of likely N-dealkylation sites (tertiary alicyclic amines) is 1. The summed E-state index contributed by atoms with van der Waals surface area (Å²) in [7, 11) is 0. The highest BCUT2D eigenvalue weighted by atomic mass is 35.5. The number of nitrogens with two attached hydrogens (primary N) is 1. The fourth-order valence-electron chi connectivity index (χ4n) is 2.78. The Hall–Kier alpha value is -0.730. The van der Waals surface area contributed by atoms with Crippen LogP contribution in [0.2, 0.25) is 0 Å². The highest BCUT2D eigenvalue weighted by Gasteiger charge is 2.27. The Bertz CT molecular complexity index is 354. The van der Waals surface area contributed by atoms with Crippen molar-refractivity contribution in [3.8, 4) is 0 Å². The number of anilines is 1. The Balaban J connectivity index is 0.00000144. The molecule has 1 saturated heterocycles. The molecule has 2 unspecified atom stereocenters. The van der Waals surface area contributed by atoms with E-state index in [2.05, 4.69) is 30.9 Å². The van der Waals surface area contributed by atoms with E-state index in [0.717, 1.165) is 24.2 Å². The predicted octanol–water partition coefficient (Wildman–Crippen LogP) is 3.31. The van der Waals surface area contributed by atoms with Crippen LogP contribution in [0.3, 0.4) is 0 Å². The highest BCUT2D eigenvalue weighted by Crippen LogP contribution is 2.26. The number of nitrogen functional groups attached to an aromatic ring is 1. The predicted molar refractivity (Wildman–Crippen MR) is 76.4 cm³/mol. The summed E-state index contributed by atoms with van der Waals surface area (Å²) in [5, 5.41) is 0. The molecule has 1 aliphatic rings. The molecule has 2 N–H and O–H groups in total. The van der Waals surface area contributed by atoms with Crippen molar-refractivity contribution in [3.05, 3.63) is 29.8 Å². The second kappa shape index (κ2) is 6.27. The maximum atomic E-state index is 5.81. The lowest BCUT2D eigenvalue weighted by Gasteiger charge is -2.23. The van der Waals surface area contributed by atoms with Crippen LogP contribution in [-0.4, -0.2) is 17.5 Å². The minimum atomic E-state index is 0. The van der Waals surface area contributed by atoms with Crippen molar-refractivity contribution in [2.45, 2.75) is 39.3 Å². The van der Waals surface area contributed by atoms with Crippen LogP contribution in [0.25, 0.3) is 0 Å². The molecule has 0 amide bonds. The first-order valence-electron chi connectivity index (χ1n) is 6.27. The van der Waals surface area contributed by atoms with Gasteiger partial charge in [-0.2, -0.15) is 0 Å². The van der Waals surface area contributed by atoms with Gasteiger partial charge in [-0.25, -0.2) is 0 Å². The SMILES string of the molecule is CCC1CC(C)CN1Cc1cccc(N)c1.Cl. The van der Waals surface area contributed by atoms with Gasteiger partial charge in [-0.3, -0.25) is 4.90 Å². The van der Waals surface area contributed by atoms with E-state index in [4.69, 9.17) is 5.73 Å². The summed E-state index contributed by atoms with van der Waals surface area (Å²) in [6.45, 7) is 6.91. The van der Waals surface area contributed by atoms with E-state index in [0.29, 0.717) is 0 Å². The van der Waals surface area contributed by atoms with Crippen LogP contribution in [0.5, 0.6) is 0 Å². The molecule has 0 radical (unpaired) electrons. The van der Waals surface area contributed by atoms with Gasteiger partial charge >= 0.3 is 0 Å². The van der Waals surface area contributed by atoms with Gasteiger partial charge in [0, 0.05) is 24.8 Å². The lowest BCUT2D eigenvalue weighted by molar-refractivity contribution is 0.237. The van der Waals surface area contributed by atoms with Crippen molar-refractivity contribution in [2.24, 2.45) is 5.92 Å². The third kappa shape index (κ3) is 3.62. The molecule has 96 valence electrons. The molecular weight excluding hydrogens is 232 g/mol. The molecule has 1 aliphatic heterocycles. The molecular formula is C14H23ClN2. The number of nitrogens with zero attached hydrogens (tertiary/aromatic N) is 1. The summed E-state index contributed by atoms with van der Waals surface area (Å²) < 4.78 is 0. The van der Waals surface area contributed by atoms with Gasteiger partial charge in [-0.05, 0) is 36.5 Å². The molecule has 2 atom stereocenters. The number of hydrogen-bond acceptors (Lipinski definition) is 2. The maximum Gasteiger partial charge on any atom is 0.0317 e. The second-order valence-electron chi connectivity index (χ2n) is 5.08. The Labute approximate surface area is 111 Å². The molecule has 0 saturated carbocycles. The number of benzene rings is 1. The van der Waals surface area contributed by atoms with Crippen LogP contribution in [0.1, 0.15) is 32.3 Å². The number of hydrogen-bond donors (Lipinski definition) is 1. The molecule has 0 spiro atoms. The smallest absolute Gasteiger partial charge is 0.0317 e. The average Bonchev–Trinajstić information content (AvgIpc) is 2.59. The van der Waals surface area contributed by atoms with Gasteiger partial charge in [0.25, 0.3) is 0 Å². The van der Waals surface area contributed by atoms with Crippen molar-refractivity contribution in [3.63, 3.8) is 0 Å². The molecule has 2 nitrogen and oxygen atoms in total. The Kier molecular flexibility index (Phi) is 5.29. The van der Waals surface area contributed by atoms with E-state index in [1.165, 1.54) is 24.9 Å². The standard InChI is InChI=1S/C14H22N2.ClH/c1-3-14-7-11(2)9-16(14)10-12-5-4-6-13(15)8-12;/h4-6,8,11,14H,3,7,9-10,15H2,1-2H3;1H. The van der Waals surface area contributed by atoms with Crippen LogP contribution in [0, 0.1) is 5.92 Å². The van der Waals surface area contributed by atoms with E-state index in [9.17, 15) is 0 Å². The van der Waals surface area contributed by atoms with Crippen LogP contribution >= 0.6 is 12.4 Å². The molecule has 2 rings (SSSR count). The Morgan fingerprint density at radius 2 is 2.18 bits per heavy atom. The third-order valence-corrected chi connectivity index (χ3v) is 3.54. The van der Waals surface area contributed by atoms with Gasteiger partial charge in [0.15, 0.2) is 0 Å². The van der Waals surface area contributed by atoms with E-state index in [-0.39, 0.29) is 12.4 Å². The Morgan fingerprint density at radius 1 is 1.41 bits per heavy atom. The molecule has 1 aromatic rings. The largest absolute Gasteiger partial charge is 0.399 e. The van der Waals surface area contributed by atoms with Crippen molar-refractivity contribution in [1.29, 1.82) is 0 Å². The van der Waals surface area contributed by atoms with E-state index in [1.807, 2.05) is 12.1 Å². The highest BCUT2D eigenvalue weighted by molar-refractivity contribution is 5.85. The first kappa shape index (κ1) is 14.3. The zero-order chi connectivity index (χ0) is 11.5. The van der Waals surface area contributed by atoms with Crippen LogP contribution < -0.4 is 5.73 Å². The van der Waals surface area contributed by atoms with Crippen LogP contribution in [-0.2, 0) is 6.54 Å². The molecule has 0 aromatic heterocycles. The summed E-state index contributed by atoms with van der Waals surface area (Å²) in [6, 6.07) is 9.02. The fraction of sp³-hybridized carbons (Fsp3) is 0.571. The molecule has 0 bridgehead atoms. The molecule has 1 heterocycles. The van der Waals surface area contributed by atoms with Gasteiger partial charge in [0.1, 0.15) is 0 Å². The summed E-state index contributed by atoms with van der Waals surface area (Å²) in [6.07, 6.45) is 2.60. The summed E-state index contributed by atoms with van der Waals surface area (Å²) >= 11 is 0. The second-order valence-corrected chi connectivity index (χ2v) is 5.08. The van der Waals surface area contributed by atoms with Gasteiger partial charge < -0.3 is 5.73 Å². The molecule has 1 fully saturated rings. The zero-order valence-electron chi connectivity index (χ0n) is 10.7. The van der Waals surface area contributed by atoms with E-state index in [1.54, 1.807) is 0 Å². The average molecular weight is 255 g/mol. The molecule has 0 aliphatic carbocycles. The monoisotopic (exact) mass is 254 g/mol. The van der Waals surface area contributed by atoms with Gasteiger partial charge in [0.2, 0.25) is 0 Å². The quantitative estimate of drug-likeness (QED) is 0.839. The summed E-state index contributed by atoms with van der Waals surface area (Å²) in [5.74, 6) is 0.839. The van der Waals surface area contributed by atoms with Crippen molar-refractivity contribution < 1.29 is 0 Å². The number of rotatable bonds is 3. The van der Waals surface area contributed by atoms with Gasteiger partial charge in [0.05, 0.1) is 0 Å². The lowest BCUT2D eigenvalue weighted by Crippen LogP contribution is -2.28. The van der Waals surface area contributed by atoms with Crippen molar-refractivity contribution >= 4 is 18.1 Å². The van der Waals surface area contributed by atoms with E-state index >= 15 is 0 Å². The van der Waals surface area contributed by atoms with Gasteiger partial charge in [-0.1, -0.05) is 26.0 Å². The normalized spacial score (nSPS) is 24.6. The molecule has 3 heteroatoms. The van der Waals surface area contributed by atoms with E-state index < -0.39 is 0 Å². The van der Waals surface area contributed by atoms with Gasteiger partial charge in [-0.15, -0.1) is 12.4 Å². The first-order chi connectivity index (χ1) is 7.69. The van der Waals surface area contributed by atoms with Crippen LogP contribution in [0.15, 0.2) is 24.3 Å². The zero-order valence-corrected chi connectivity index (χ0v) is 11.5. The van der Waals surface area contributed by atoms with Crippen molar-refractivity contribution in [1.82, 2.24) is 4.90 Å². The fourth-order valence-corrected chi connectivity index (χ4v) is 2.78. The number of halogens is 1. The van der Waals surface area contributed by atoms with Crippen LogP contribution in [0.4, 0.5) is 5.69 Å². The molecule has 1 aromatic carbocycles. The van der Waals surface area contributed by atoms with Crippen molar-refractivity contribution in [2.75, 3.05) is 12.3 Å². The molecule has 17 heavy (non-hydrogen) atoms.